The Labute approximate surface area is 165 Å². The fourth-order valence-corrected chi connectivity index (χ4v) is 4.05. The van der Waals surface area contributed by atoms with Gasteiger partial charge in [-0.05, 0) is 41.7 Å². The Hall–Kier alpha value is -2.29. The molecule has 0 fully saturated rings. The van der Waals surface area contributed by atoms with Crippen LogP contribution in [0.5, 0.6) is 0 Å². The number of aldehydes is 1. The van der Waals surface area contributed by atoms with Gasteiger partial charge in [-0.15, -0.1) is 0 Å². The lowest BCUT2D eigenvalue weighted by Gasteiger charge is -2.20. The van der Waals surface area contributed by atoms with Gasteiger partial charge in [0.2, 0.25) is 10.0 Å². The highest BCUT2D eigenvalue weighted by Crippen LogP contribution is 2.18. The van der Waals surface area contributed by atoms with Crippen molar-refractivity contribution in [3.05, 3.63) is 42.5 Å². The number of carboxylic acids is 1. The predicted molar refractivity (Wildman–Crippen MR) is 108 cm³/mol. The molecule has 8 heteroatoms. The van der Waals surface area contributed by atoms with Crippen molar-refractivity contribution < 1.29 is 23.1 Å². The average Bonchev–Trinajstić information content (AvgIpc) is 2.65. The van der Waals surface area contributed by atoms with Gasteiger partial charge in [-0.2, -0.15) is 0 Å². The zero-order valence-corrected chi connectivity index (χ0v) is 16.8. The van der Waals surface area contributed by atoms with E-state index in [9.17, 15) is 23.1 Å². The standard InChI is InChI=1S/C20H26N2O5S/c1-14(2)11-17(13-23)22-19(20(24)25)9-10-21-28(26,27)18-8-7-15-5-3-4-6-16(15)12-18/h3-8,12-14,17,19,21-22H,9-11H2,1-2H3,(H,24,25). The summed E-state index contributed by atoms with van der Waals surface area (Å²) in [6.07, 6.45) is 1.22. The van der Waals surface area contributed by atoms with Crippen molar-refractivity contribution in [1.29, 1.82) is 0 Å². The third kappa shape index (κ3) is 6.12. The lowest BCUT2D eigenvalue weighted by Crippen LogP contribution is -2.46. The molecule has 0 amide bonds. The summed E-state index contributed by atoms with van der Waals surface area (Å²) in [6, 6.07) is 10.6. The van der Waals surface area contributed by atoms with Gasteiger partial charge >= 0.3 is 5.97 Å². The zero-order valence-electron chi connectivity index (χ0n) is 16.0. The molecular formula is C20H26N2O5S. The van der Waals surface area contributed by atoms with Crippen molar-refractivity contribution in [2.75, 3.05) is 6.54 Å². The topological polar surface area (TPSA) is 113 Å². The van der Waals surface area contributed by atoms with Crippen LogP contribution < -0.4 is 10.0 Å². The van der Waals surface area contributed by atoms with Crippen LogP contribution in [0, 0.1) is 5.92 Å². The van der Waals surface area contributed by atoms with Crippen LogP contribution in [0.25, 0.3) is 10.8 Å². The van der Waals surface area contributed by atoms with E-state index in [0.717, 1.165) is 10.8 Å². The Bertz CT molecular complexity index is 927. The minimum Gasteiger partial charge on any atom is -0.480 e. The first-order valence-corrected chi connectivity index (χ1v) is 10.6. The van der Waals surface area contributed by atoms with Crippen molar-refractivity contribution in [2.45, 2.75) is 43.7 Å². The van der Waals surface area contributed by atoms with E-state index < -0.39 is 28.1 Å². The molecule has 0 saturated carbocycles. The second kappa shape index (κ2) is 9.77. The molecule has 152 valence electrons. The van der Waals surface area contributed by atoms with Crippen LogP contribution in [-0.2, 0) is 19.6 Å². The number of aliphatic carboxylic acids is 1. The molecule has 2 aromatic carbocycles. The number of carbonyl (C=O) groups excluding carboxylic acids is 1. The molecule has 0 saturated heterocycles. The largest absolute Gasteiger partial charge is 0.480 e. The smallest absolute Gasteiger partial charge is 0.320 e. The highest BCUT2D eigenvalue weighted by molar-refractivity contribution is 7.89. The monoisotopic (exact) mass is 406 g/mol. The first-order valence-electron chi connectivity index (χ1n) is 9.15. The average molecular weight is 407 g/mol. The third-order valence-corrected chi connectivity index (χ3v) is 5.82. The number of carboxylic acid groups (broad SMARTS) is 1. The van der Waals surface area contributed by atoms with Crippen molar-refractivity contribution >= 4 is 33.1 Å². The maximum atomic E-state index is 12.5. The fraction of sp³-hybridized carbons (Fsp3) is 0.400. The summed E-state index contributed by atoms with van der Waals surface area (Å²) in [5, 5.41) is 13.9. The Morgan fingerprint density at radius 2 is 1.82 bits per heavy atom. The summed E-state index contributed by atoms with van der Waals surface area (Å²) in [7, 11) is -3.77. The molecule has 0 spiro atoms. The Morgan fingerprint density at radius 3 is 2.43 bits per heavy atom. The summed E-state index contributed by atoms with van der Waals surface area (Å²) in [5.74, 6) is -0.899. The van der Waals surface area contributed by atoms with Crippen LogP contribution in [0.2, 0.25) is 0 Å². The van der Waals surface area contributed by atoms with E-state index in [2.05, 4.69) is 10.0 Å². The van der Waals surface area contributed by atoms with Gasteiger partial charge in [-0.25, -0.2) is 13.1 Å². The molecule has 0 bridgehead atoms. The summed E-state index contributed by atoms with van der Waals surface area (Å²) >= 11 is 0. The number of carbonyl (C=O) groups is 2. The lowest BCUT2D eigenvalue weighted by molar-refractivity contribution is -0.139. The van der Waals surface area contributed by atoms with Gasteiger partial charge in [-0.3, -0.25) is 10.1 Å². The molecule has 28 heavy (non-hydrogen) atoms. The highest BCUT2D eigenvalue weighted by atomic mass is 32.2. The van der Waals surface area contributed by atoms with Crippen molar-refractivity contribution in [3.8, 4) is 0 Å². The third-order valence-electron chi connectivity index (χ3n) is 4.36. The number of fused-ring (bicyclic) bond motifs is 1. The second-order valence-corrected chi connectivity index (χ2v) is 8.89. The number of benzene rings is 2. The quantitative estimate of drug-likeness (QED) is 0.493. The van der Waals surface area contributed by atoms with E-state index in [1.165, 1.54) is 6.07 Å². The van der Waals surface area contributed by atoms with Gasteiger partial charge in [0.1, 0.15) is 12.3 Å². The maximum absolute atomic E-state index is 12.5. The number of nitrogens with one attached hydrogen (secondary N) is 2. The number of hydrogen-bond donors (Lipinski definition) is 3. The maximum Gasteiger partial charge on any atom is 0.320 e. The van der Waals surface area contributed by atoms with Gasteiger partial charge in [0, 0.05) is 6.54 Å². The molecule has 7 nitrogen and oxygen atoms in total. The van der Waals surface area contributed by atoms with Crippen LogP contribution in [0.4, 0.5) is 0 Å². The number of sulfonamides is 1. The number of rotatable bonds is 11. The molecule has 0 heterocycles. The van der Waals surface area contributed by atoms with Crippen molar-refractivity contribution in [1.82, 2.24) is 10.0 Å². The lowest BCUT2D eigenvalue weighted by atomic mass is 10.0. The minimum atomic E-state index is -3.77. The van der Waals surface area contributed by atoms with Gasteiger partial charge < -0.3 is 9.90 Å². The van der Waals surface area contributed by atoms with E-state index in [4.69, 9.17) is 0 Å². The molecule has 2 rings (SSSR count). The summed E-state index contributed by atoms with van der Waals surface area (Å²) < 4.78 is 27.5. The van der Waals surface area contributed by atoms with E-state index in [1.54, 1.807) is 12.1 Å². The molecule has 0 aliphatic heterocycles. The molecule has 2 unspecified atom stereocenters. The first kappa shape index (κ1) is 22.0. The normalized spacial score (nSPS) is 14.1. The summed E-state index contributed by atoms with van der Waals surface area (Å²) in [4.78, 5) is 22.7. The molecule has 3 N–H and O–H groups in total. The molecule has 2 atom stereocenters. The molecular weight excluding hydrogens is 380 g/mol. The minimum absolute atomic E-state index is 0.0184. The Balaban J connectivity index is 2.01. The molecule has 0 aliphatic carbocycles. The molecule has 0 aliphatic rings. The van der Waals surface area contributed by atoms with Gasteiger partial charge in [0.15, 0.2) is 0 Å². The van der Waals surface area contributed by atoms with Gasteiger partial charge in [-0.1, -0.05) is 44.2 Å². The fourth-order valence-electron chi connectivity index (χ4n) is 2.96. The van der Waals surface area contributed by atoms with E-state index in [-0.39, 0.29) is 23.8 Å². The SMILES string of the molecule is CC(C)CC(C=O)NC(CCNS(=O)(=O)c1ccc2ccccc2c1)C(=O)O. The van der Waals surface area contributed by atoms with Crippen LogP contribution >= 0.6 is 0 Å². The Morgan fingerprint density at radius 1 is 1.14 bits per heavy atom. The van der Waals surface area contributed by atoms with E-state index >= 15 is 0 Å². The first-order chi connectivity index (χ1) is 13.2. The highest BCUT2D eigenvalue weighted by Gasteiger charge is 2.23. The summed E-state index contributed by atoms with van der Waals surface area (Å²) in [6.45, 7) is 3.81. The molecule has 2 aromatic rings. The van der Waals surface area contributed by atoms with Gasteiger partial charge in [0.25, 0.3) is 0 Å². The number of hydrogen-bond acceptors (Lipinski definition) is 5. The molecule has 0 radical (unpaired) electrons. The van der Waals surface area contributed by atoms with Gasteiger partial charge in [0.05, 0.1) is 10.9 Å². The predicted octanol–water partition coefficient (Wildman–Crippen LogP) is 2.16. The second-order valence-electron chi connectivity index (χ2n) is 7.13. The van der Waals surface area contributed by atoms with Crippen LogP contribution in [0.1, 0.15) is 26.7 Å². The Kier molecular flexibility index (Phi) is 7.68. The van der Waals surface area contributed by atoms with Crippen LogP contribution in [-0.4, -0.2) is 44.4 Å². The van der Waals surface area contributed by atoms with Crippen LogP contribution in [0.3, 0.4) is 0 Å². The molecule has 0 aromatic heterocycles. The summed E-state index contributed by atoms with van der Waals surface area (Å²) in [5.41, 5.74) is 0. The van der Waals surface area contributed by atoms with E-state index in [1.807, 2.05) is 38.1 Å². The van der Waals surface area contributed by atoms with Crippen molar-refractivity contribution in [3.63, 3.8) is 0 Å². The zero-order chi connectivity index (χ0) is 20.7. The van der Waals surface area contributed by atoms with Crippen molar-refractivity contribution in [2.24, 2.45) is 5.92 Å². The van der Waals surface area contributed by atoms with Crippen LogP contribution in [0.15, 0.2) is 47.4 Å². The van der Waals surface area contributed by atoms with E-state index in [0.29, 0.717) is 12.7 Å².